The summed E-state index contributed by atoms with van der Waals surface area (Å²) in [5.41, 5.74) is 1.15. The third-order valence-electron chi connectivity index (χ3n) is 5.75. The van der Waals surface area contributed by atoms with Crippen molar-refractivity contribution in [2.75, 3.05) is 51.3 Å². The molecule has 0 amide bonds. The first-order valence-corrected chi connectivity index (χ1v) is 11.4. The van der Waals surface area contributed by atoms with Crippen LogP contribution in [-0.2, 0) is 6.54 Å². The number of hydrogen-bond donors (Lipinski definition) is 2. The van der Waals surface area contributed by atoms with E-state index in [1.54, 1.807) is 19.3 Å². The summed E-state index contributed by atoms with van der Waals surface area (Å²) in [7, 11) is 1.76. The Labute approximate surface area is 190 Å². The van der Waals surface area contributed by atoms with Gasteiger partial charge in [-0.3, -0.25) is 4.99 Å². The highest BCUT2D eigenvalue weighted by Gasteiger charge is 2.25. The molecule has 1 aliphatic rings. The predicted octanol–water partition coefficient (Wildman–Crippen LogP) is 2.89. The van der Waals surface area contributed by atoms with Crippen LogP contribution in [0.1, 0.15) is 25.8 Å². The average molecular weight is 443 g/mol. The lowest BCUT2D eigenvalue weighted by Crippen LogP contribution is -2.44. The molecule has 32 heavy (non-hydrogen) atoms. The molecule has 8 heteroatoms. The number of nitrogens with zero attached hydrogens (tertiary/aromatic N) is 4. The van der Waals surface area contributed by atoms with Gasteiger partial charge >= 0.3 is 0 Å². The Hall–Kier alpha value is -2.87. The van der Waals surface area contributed by atoms with E-state index in [0.717, 1.165) is 49.9 Å². The molecule has 0 bridgehead atoms. The van der Waals surface area contributed by atoms with Gasteiger partial charge < -0.3 is 25.2 Å². The molecule has 1 fully saturated rings. The summed E-state index contributed by atoms with van der Waals surface area (Å²) in [5.74, 6) is 1.75. The van der Waals surface area contributed by atoms with Crippen LogP contribution in [0.5, 0.6) is 5.75 Å². The van der Waals surface area contributed by atoms with Gasteiger partial charge in [0.1, 0.15) is 12.4 Å². The fraction of sp³-hybridized carbons (Fsp3) is 0.500. The van der Waals surface area contributed by atoms with Crippen molar-refractivity contribution in [1.29, 1.82) is 0 Å². The lowest BCUT2D eigenvalue weighted by molar-refractivity contribution is 0.223. The second-order valence-electron chi connectivity index (χ2n) is 7.83. The quantitative estimate of drug-likeness (QED) is 0.436. The summed E-state index contributed by atoms with van der Waals surface area (Å²) < 4.78 is 19.9. The lowest BCUT2D eigenvalue weighted by atomic mass is 10.2. The SMILES string of the molecule is CCN(CC)CCOc1ccc(CNC(=NC)NC2CCN(c3ncccc3F)C2)cc1. The molecule has 1 unspecified atom stereocenters. The van der Waals surface area contributed by atoms with Gasteiger partial charge in [0.05, 0.1) is 0 Å². The highest BCUT2D eigenvalue weighted by atomic mass is 19.1. The van der Waals surface area contributed by atoms with Crippen LogP contribution >= 0.6 is 0 Å². The largest absolute Gasteiger partial charge is 0.492 e. The van der Waals surface area contributed by atoms with E-state index in [9.17, 15) is 4.39 Å². The zero-order chi connectivity index (χ0) is 22.8. The molecular weight excluding hydrogens is 407 g/mol. The molecule has 3 rings (SSSR count). The standard InChI is InChI=1S/C24H35FN6O/c1-4-30(5-2)15-16-32-21-10-8-19(9-11-21)17-28-24(26-3)29-20-12-14-31(18-20)23-22(25)7-6-13-27-23/h6-11,13,20H,4-5,12,14-18H2,1-3H3,(H2,26,28,29). The molecular formula is C24H35FN6O. The van der Waals surface area contributed by atoms with Crippen molar-refractivity contribution in [3.05, 3.63) is 54.0 Å². The summed E-state index contributed by atoms with van der Waals surface area (Å²) >= 11 is 0. The minimum absolute atomic E-state index is 0.184. The maximum Gasteiger partial charge on any atom is 0.191 e. The number of nitrogens with one attached hydrogen (secondary N) is 2. The first kappa shape index (κ1) is 23.8. The maximum atomic E-state index is 14.0. The van der Waals surface area contributed by atoms with Gasteiger partial charge in [-0.05, 0) is 49.3 Å². The first-order chi connectivity index (χ1) is 15.6. The average Bonchev–Trinajstić information content (AvgIpc) is 3.29. The minimum Gasteiger partial charge on any atom is -0.492 e. The maximum absolute atomic E-state index is 14.0. The third-order valence-corrected chi connectivity index (χ3v) is 5.75. The Morgan fingerprint density at radius 3 is 2.72 bits per heavy atom. The first-order valence-electron chi connectivity index (χ1n) is 11.4. The van der Waals surface area contributed by atoms with Crippen LogP contribution in [0, 0.1) is 5.82 Å². The second kappa shape index (κ2) is 12.2. The molecule has 2 heterocycles. The highest BCUT2D eigenvalue weighted by Crippen LogP contribution is 2.20. The normalized spacial score (nSPS) is 16.5. The molecule has 2 N–H and O–H groups in total. The van der Waals surface area contributed by atoms with Crippen molar-refractivity contribution >= 4 is 11.8 Å². The lowest BCUT2D eigenvalue weighted by Gasteiger charge is -2.20. The van der Waals surface area contributed by atoms with Gasteiger partial charge in [0.15, 0.2) is 17.6 Å². The Kier molecular flexibility index (Phi) is 9.10. The van der Waals surface area contributed by atoms with Gasteiger partial charge in [0.25, 0.3) is 0 Å². The summed E-state index contributed by atoms with van der Waals surface area (Å²) in [6.07, 6.45) is 2.53. The van der Waals surface area contributed by atoms with E-state index in [2.05, 4.69) is 51.5 Å². The summed E-state index contributed by atoms with van der Waals surface area (Å²) in [5, 5.41) is 6.79. The molecule has 174 valence electrons. The zero-order valence-corrected chi connectivity index (χ0v) is 19.4. The third kappa shape index (κ3) is 6.82. The molecule has 0 radical (unpaired) electrons. The van der Waals surface area contributed by atoms with Crippen molar-refractivity contribution in [2.24, 2.45) is 4.99 Å². The highest BCUT2D eigenvalue weighted by molar-refractivity contribution is 5.80. The summed E-state index contributed by atoms with van der Waals surface area (Å²) in [6.45, 7) is 10.1. The Balaban J connectivity index is 1.42. The summed E-state index contributed by atoms with van der Waals surface area (Å²) in [6, 6.07) is 11.4. The van der Waals surface area contributed by atoms with Crippen LogP contribution in [0.4, 0.5) is 10.2 Å². The van der Waals surface area contributed by atoms with E-state index in [4.69, 9.17) is 4.74 Å². The molecule has 0 saturated carbocycles. The number of rotatable bonds is 10. The van der Waals surface area contributed by atoms with E-state index < -0.39 is 0 Å². The number of halogens is 1. The van der Waals surface area contributed by atoms with Gasteiger partial charge in [-0.15, -0.1) is 0 Å². The predicted molar refractivity (Wildman–Crippen MR) is 128 cm³/mol. The molecule has 7 nitrogen and oxygen atoms in total. The van der Waals surface area contributed by atoms with E-state index >= 15 is 0 Å². The molecule has 0 spiro atoms. The fourth-order valence-corrected chi connectivity index (χ4v) is 3.79. The van der Waals surface area contributed by atoms with Gasteiger partial charge in [-0.2, -0.15) is 0 Å². The van der Waals surface area contributed by atoms with Crippen LogP contribution in [0.25, 0.3) is 0 Å². The number of anilines is 1. The number of aliphatic imine (C=N–C) groups is 1. The molecule has 1 aromatic heterocycles. The number of pyridine rings is 1. The van der Waals surface area contributed by atoms with Crippen molar-refractivity contribution in [1.82, 2.24) is 20.5 Å². The second-order valence-corrected chi connectivity index (χ2v) is 7.83. The fourth-order valence-electron chi connectivity index (χ4n) is 3.79. The van der Waals surface area contributed by atoms with Gasteiger partial charge in [0, 0.05) is 45.5 Å². The minimum atomic E-state index is -0.281. The van der Waals surface area contributed by atoms with Gasteiger partial charge in [-0.1, -0.05) is 26.0 Å². The number of likely N-dealkylation sites (N-methyl/N-ethyl adjacent to an activating group) is 1. The van der Waals surface area contributed by atoms with Crippen LogP contribution in [0.3, 0.4) is 0 Å². The molecule has 2 aromatic rings. The Bertz CT molecular complexity index is 856. The molecule has 0 aliphatic carbocycles. The van der Waals surface area contributed by atoms with Gasteiger partial charge in [0.2, 0.25) is 0 Å². The van der Waals surface area contributed by atoms with E-state index in [1.807, 2.05) is 17.0 Å². The molecule has 1 saturated heterocycles. The van der Waals surface area contributed by atoms with Gasteiger partial charge in [-0.25, -0.2) is 9.37 Å². The van der Waals surface area contributed by atoms with Crippen molar-refractivity contribution in [2.45, 2.75) is 32.9 Å². The van der Waals surface area contributed by atoms with Crippen LogP contribution in [0.2, 0.25) is 0 Å². The Morgan fingerprint density at radius 1 is 1.25 bits per heavy atom. The molecule has 1 aliphatic heterocycles. The number of hydrogen-bond acceptors (Lipinski definition) is 5. The molecule has 1 atom stereocenters. The van der Waals surface area contributed by atoms with Crippen molar-refractivity contribution < 1.29 is 9.13 Å². The zero-order valence-electron chi connectivity index (χ0n) is 19.4. The van der Waals surface area contributed by atoms with Crippen molar-refractivity contribution in [3.8, 4) is 5.75 Å². The van der Waals surface area contributed by atoms with E-state index in [1.165, 1.54) is 6.07 Å². The number of guanidine groups is 1. The monoisotopic (exact) mass is 442 g/mol. The van der Waals surface area contributed by atoms with E-state index in [0.29, 0.717) is 25.5 Å². The Morgan fingerprint density at radius 2 is 2.03 bits per heavy atom. The number of benzene rings is 1. The van der Waals surface area contributed by atoms with Crippen LogP contribution in [-0.4, -0.2) is 68.3 Å². The van der Waals surface area contributed by atoms with E-state index in [-0.39, 0.29) is 11.9 Å². The summed E-state index contributed by atoms with van der Waals surface area (Å²) in [4.78, 5) is 12.8. The van der Waals surface area contributed by atoms with Crippen molar-refractivity contribution in [3.63, 3.8) is 0 Å². The van der Waals surface area contributed by atoms with Crippen LogP contribution in [0.15, 0.2) is 47.6 Å². The molecule has 1 aromatic carbocycles. The van der Waals surface area contributed by atoms with Crippen LogP contribution < -0.4 is 20.3 Å². The topological polar surface area (TPSA) is 65.0 Å². The number of ether oxygens (including phenoxy) is 1. The smallest absolute Gasteiger partial charge is 0.191 e. The number of aromatic nitrogens is 1.